The maximum Gasteiger partial charge on any atom is 0.251 e. The van der Waals surface area contributed by atoms with Crippen molar-refractivity contribution in [3.63, 3.8) is 0 Å². The highest BCUT2D eigenvalue weighted by Crippen LogP contribution is 2.27. The molecule has 2 aliphatic rings. The van der Waals surface area contributed by atoms with E-state index in [1.807, 2.05) is 0 Å². The molecule has 2 saturated heterocycles. The Morgan fingerprint density at radius 2 is 2.06 bits per heavy atom. The van der Waals surface area contributed by atoms with Crippen molar-refractivity contribution in [2.45, 2.75) is 12.5 Å². The summed E-state index contributed by atoms with van der Waals surface area (Å²) in [6.07, 6.45) is 1.21. The Labute approximate surface area is 106 Å². The van der Waals surface area contributed by atoms with Gasteiger partial charge in [-0.2, -0.15) is 0 Å². The molecule has 1 aromatic carbocycles. The molecular formula is C13H15ClN2O. The first-order valence-corrected chi connectivity index (χ1v) is 6.39. The first-order chi connectivity index (χ1) is 8.22. The van der Waals surface area contributed by atoms with Crippen LogP contribution in [0.2, 0.25) is 5.02 Å². The van der Waals surface area contributed by atoms with Crippen LogP contribution >= 0.6 is 11.6 Å². The molecule has 0 aliphatic carbocycles. The Bertz CT molecular complexity index is 432. The second kappa shape index (κ2) is 4.31. The molecule has 3 nitrogen and oxygen atoms in total. The molecule has 0 radical (unpaired) electrons. The van der Waals surface area contributed by atoms with E-state index >= 15 is 0 Å². The van der Waals surface area contributed by atoms with Crippen LogP contribution in [0.4, 0.5) is 0 Å². The van der Waals surface area contributed by atoms with Gasteiger partial charge in [-0.25, -0.2) is 0 Å². The SMILES string of the molecule is O=C(NC1CN2CCC1C2)c1ccc(Cl)cc1. The second-order valence-corrected chi connectivity index (χ2v) is 5.33. The Hall–Kier alpha value is -1.06. The standard InChI is InChI=1S/C13H15ClN2O/c14-11-3-1-9(2-4-11)13(17)15-12-8-16-6-5-10(12)7-16/h1-4,10,12H,5-8H2,(H,15,17). The van der Waals surface area contributed by atoms with Gasteiger partial charge in [-0.3, -0.25) is 4.79 Å². The molecule has 17 heavy (non-hydrogen) atoms. The normalized spacial score (nSPS) is 30.5. The van der Waals surface area contributed by atoms with Gasteiger partial charge in [-0.05, 0) is 43.1 Å². The maximum absolute atomic E-state index is 12.0. The van der Waals surface area contributed by atoms with Crippen LogP contribution in [0.5, 0.6) is 0 Å². The van der Waals surface area contributed by atoms with E-state index in [1.165, 1.54) is 13.0 Å². The Balaban J connectivity index is 1.65. The van der Waals surface area contributed by atoms with Crippen LogP contribution in [-0.4, -0.2) is 36.5 Å². The maximum atomic E-state index is 12.0. The number of carbonyl (C=O) groups is 1. The number of fused-ring (bicyclic) bond motifs is 2. The molecule has 1 aromatic rings. The van der Waals surface area contributed by atoms with Crippen LogP contribution < -0.4 is 5.32 Å². The lowest BCUT2D eigenvalue weighted by atomic mass is 9.99. The number of amides is 1. The minimum absolute atomic E-state index is 0.0143. The highest BCUT2D eigenvalue weighted by molar-refractivity contribution is 6.30. The Morgan fingerprint density at radius 3 is 2.65 bits per heavy atom. The number of hydrogen-bond acceptors (Lipinski definition) is 2. The van der Waals surface area contributed by atoms with Crippen LogP contribution in [0, 0.1) is 5.92 Å². The molecule has 3 atom stereocenters. The lowest BCUT2D eigenvalue weighted by molar-refractivity contribution is 0.0924. The molecular weight excluding hydrogens is 236 g/mol. The molecule has 3 rings (SSSR count). The average molecular weight is 251 g/mol. The van der Waals surface area contributed by atoms with Gasteiger partial charge >= 0.3 is 0 Å². The smallest absolute Gasteiger partial charge is 0.251 e. The summed E-state index contributed by atoms with van der Waals surface area (Å²) in [5, 5.41) is 3.78. The number of rotatable bonds is 2. The fourth-order valence-corrected chi connectivity index (χ4v) is 2.93. The quantitative estimate of drug-likeness (QED) is 0.868. The first-order valence-electron chi connectivity index (χ1n) is 6.01. The number of nitrogens with zero attached hydrogens (tertiary/aromatic N) is 1. The summed E-state index contributed by atoms with van der Waals surface area (Å²) in [5.41, 5.74) is 0.687. The molecule has 1 amide bonds. The fraction of sp³-hybridized carbons (Fsp3) is 0.462. The van der Waals surface area contributed by atoms with E-state index in [-0.39, 0.29) is 5.91 Å². The average Bonchev–Trinajstić information content (AvgIpc) is 2.91. The van der Waals surface area contributed by atoms with E-state index in [1.54, 1.807) is 24.3 Å². The second-order valence-electron chi connectivity index (χ2n) is 4.90. The highest BCUT2D eigenvalue weighted by atomic mass is 35.5. The van der Waals surface area contributed by atoms with E-state index in [0.29, 0.717) is 22.5 Å². The van der Waals surface area contributed by atoms with E-state index in [4.69, 9.17) is 11.6 Å². The number of hydrogen-bond donors (Lipinski definition) is 1. The molecule has 2 heterocycles. The largest absolute Gasteiger partial charge is 0.348 e. The van der Waals surface area contributed by atoms with Gasteiger partial charge in [0.1, 0.15) is 0 Å². The predicted molar refractivity (Wildman–Crippen MR) is 67.3 cm³/mol. The van der Waals surface area contributed by atoms with Crippen LogP contribution in [0.1, 0.15) is 16.8 Å². The zero-order valence-electron chi connectivity index (χ0n) is 9.53. The summed E-state index contributed by atoms with van der Waals surface area (Å²) in [6.45, 7) is 3.34. The van der Waals surface area contributed by atoms with Crippen LogP contribution in [0.15, 0.2) is 24.3 Å². The number of benzene rings is 1. The predicted octanol–water partition coefficient (Wildman–Crippen LogP) is 1.77. The molecule has 0 saturated carbocycles. The van der Waals surface area contributed by atoms with Crippen molar-refractivity contribution in [1.29, 1.82) is 0 Å². The summed E-state index contributed by atoms with van der Waals surface area (Å²) >= 11 is 5.80. The van der Waals surface area contributed by atoms with E-state index in [2.05, 4.69) is 10.2 Å². The van der Waals surface area contributed by atoms with Crippen LogP contribution in [0.25, 0.3) is 0 Å². The number of halogens is 1. The summed E-state index contributed by atoms with van der Waals surface area (Å²) in [5.74, 6) is 0.659. The van der Waals surface area contributed by atoms with Crippen molar-refractivity contribution < 1.29 is 4.79 Å². The van der Waals surface area contributed by atoms with Gasteiger partial charge < -0.3 is 10.2 Å². The van der Waals surface area contributed by atoms with Gasteiger partial charge in [-0.15, -0.1) is 0 Å². The lowest BCUT2D eigenvalue weighted by Crippen LogP contribution is -2.43. The highest BCUT2D eigenvalue weighted by Gasteiger charge is 2.38. The molecule has 0 spiro atoms. The summed E-state index contributed by atoms with van der Waals surface area (Å²) < 4.78 is 0. The molecule has 3 unspecified atom stereocenters. The van der Waals surface area contributed by atoms with Crippen molar-refractivity contribution in [2.75, 3.05) is 19.6 Å². The Kier molecular flexibility index (Phi) is 2.81. The molecule has 2 bridgehead atoms. The van der Waals surface area contributed by atoms with Gasteiger partial charge in [0.05, 0.1) is 0 Å². The zero-order chi connectivity index (χ0) is 11.8. The minimum Gasteiger partial charge on any atom is -0.348 e. The van der Waals surface area contributed by atoms with Crippen molar-refractivity contribution in [1.82, 2.24) is 10.2 Å². The number of carbonyl (C=O) groups excluding carboxylic acids is 1. The minimum atomic E-state index is 0.0143. The summed E-state index contributed by atoms with van der Waals surface area (Å²) in [6, 6.07) is 7.37. The number of piperidine rings is 1. The van der Waals surface area contributed by atoms with E-state index < -0.39 is 0 Å². The topological polar surface area (TPSA) is 32.3 Å². The van der Waals surface area contributed by atoms with Crippen molar-refractivity contribution in [3.05, 3.63) is 34.9 Å². The third-order valence-electron chi connectivity index (χ3n) is 3.76. The van der Waals surface area contributed by atoms with Crippen LogP contribution in [-0.2, 0) is 0 Å². The van der Waals surface area contributed by atoms with Gasteiger partial charge in [0, 0.05) is 29.7 Å². The molecule has 2 aliphatic heterocycles. The number of nitrogens with one attached hydrogen (secondary N) is 1. The molecule has 4 heteroatoms. The van der Waals surface area contributed by atoms with Gasteiger partial charge in [0.15, 0.2) is 0 Å². The van der Waals surface area contributed by atoms with E-state index in [9.17, 15) is 4.79 Å². The van der Waals surface area contributed by atoms with Crippen molar-refractivity contribution in [3.8, 4) is 0 Å². The molecule has 90 valence electrons. The fourth-order valence-electron chi connectivity index (χ4n) is 2.80. The van der Waals surface area contributed by atoms with Crippen molar-refractivity contribution in [2.24, 2.45) is 5.92 Å². The van der Waals surface area contributed by atoms with Gasteiger partial charge in [0.25, 0.3) is 5.91 Å². The van der Waals surface area contributed by atoms with Gasteiger partial charge in [0.2, 0.25) is 0 Å². The Morgan fingerprint density at radius 1 is 1.29 bits per heavy atom. The first kappa shape index (κ1) is 11.1. The summed E-state index contributed by atoms with van der Waals surface area (Å²) in [4.78, 5) is 14.4. The molecule has 2 fully saturated rings. The van der Waals surface area contributed by atoms with E-state index in [0.717, 1.165) is 13.1 Å². The zero-order valence-corrected chi connectivity index (χ0v) is 10.3. The van der Waals surface area contributed by atoms with Crippen LogP contribution in [0.3, 0.4) is 0 Å². The molecule has 1 N–H and O–H groups in total. The van der Waals surface area contributed by atoms with Gasteiger partial charge in [-0.1, -0.05) is 11.6 Å². The molecule has 0 aromatic heterocycles. The third-order valence-corrected chi connectivity index (χ3v) is 4.01. The lowest BCUT2D eigenvalue weighted by Gasteiger charge is -2.23. The third kappa shape index (κ3) is 2.17. The summed E-state index contributed by atoms with van der Waals surface area (Å²) in [7, 11) is 0. The monoisotopic (exact) mass is 250 g/mol. The van der Waals surface area contributed by atoms with Crippen molar-refractivity contribution >= 4 is 17.5 Å².